The molecule has 0 saturated heterocycles. The van der Waals surface area contributed by atoms with E-state index in [1.807, 2.05) is 0 Å². The van der Waals surface area contributed by atoms with Crippen LogP contribution in [0.25, 0.3) is 11.1 Å². The van der Waals surface area contributed by atoms with E-state index < -0.39 is 16.0 Å². The zero-order valence-corrected chi connectivity index (χ0v) is 13.3. The van der Waals surface area contributed by atoms with E-state index in [-0.39, 0.29) is 16.5 Å². The first-order valence-electron chi connectivity index (χ1n) is 6.43. The van der Waals surface area contributed by atoms with Gasteiger partial charge in [0.05, 0.1) is 17.2 Å². The first kappa shape index (κ1) is 16.5. The van der Waals surface area contributed by atoms with Gasteiger partial charge in [0, 0.05) is 0 Å². The first-order valence-corrected chi connectivity index (χ1v) is 8.35. The number of ether oxygens (including phenoxy) is 1. The molecule has 5 nitrogen and oxygen atoms in total. The summed E-state index contributed by atoms with van der Waals surface area (Å²) in [5, 5.41) is 5.10. The lowest BCUT2D eigenvalue weighted by molar-refractivity contribution is 0.0526. The molecule has 2 aromatic rings. The molecule has 0 saturated carbocycles. The van der Waals surface area contributed by atoms with E-state index in [0.29, 0.717) is 16.7 Å². The van der Waals surface area contributed by atoms with Crippen LogP contribution in [0.5, 0.6) is 0 Å². The number of sulfonamides is 1. The third-order valence-electron chi connectivity index (χ3n) is 2.95. The van der Waals surface area contributed by atoms with Crippen LogP contribution in [0.3, 0.4) is 0 Å². The topological polar surface area (TPSA) is 86.5 Å². The molecule has 0 bridgehead atoms. The fourth-order valence-electron chi connectivity index (χ4n) is 1.95. The minimum absolute atomic E-state index is 0.0292. The number of primary sulfonamides is 1. The molecule has 0 amide bonds. The Hall–Kier alpha value is -1.89. The molecule has 2 rings (SSSR count). The van der Waals surface area contributed by atoms with Crippen molar-refractivity contribution in [3.63, 3.8) is 0 Å². The molecule has 0 aliphatic carbocycles. The summed E-state index contributed by atoms with van der Waals surface area (Å²) in [4.78, 5) is 11.6. The molecule has 22 heavy (non-hydrogen) atoms. The largest absolute Gasteiger partial charge is 0.462 e. The van der Waals surface area contributed by atoms with E-state index in [0.717, 1.165) is 0 Å². The number of carbonyl (C=O) groups is 1. The predicted molar refractivity (Wildman–Crippen MR) is 84.2 cm³/mol. The van der Waals surface area contributed by atoms with Crippen LogP contribution in [-0.4, -0.2) is 21.0 Å². The highest BCUT2D eigenvalue weighted by Crippen LogP contribution is 2.28. The summed E-state index contributed by atoms with van der Waals surface area (Å²) in [7, 11) is -3.87. The Balaban J connectivity index is 2.43. The highest BCUT2D eigenvalue weighted by atomic mass is 35.5. The van der Waals surface area contributed by atoms with Crippen molar-refractivity contribution in [1.29, 1.82) is 0 Å². The second-order valence-corrected chi connectivity index (χ2v) is 6.43. The summed E-state index contributed by atoms with van der Waals surface area (Å²) in [5.41, 5.74) is 1.79. The number of nitrogens with two attached hydrogens (primary N) is 1. The van der Waals surface area contributed by atoms with E-state index in [4.69, 9.17) is 21.5 Å². The van der Waals surface area contributed by atoms with Gasteiger partial charge in [-0.25, -0.2) is 18.4 Å². The van der Waals surface area contributed by atoms with Gasteiger partial charge in [-0.2, -0.15) is 0 Å². The minimum atomic E-state index is -3.87. The van der Waals surface area contributed by atoms with Crippen LogP contribution in [0.1, 0.15) is 17.3 Å². The number of hydrogen-bond acceptors (Lipinski definition) is 4. The van der Waals surface area contributed by atoms with E-state index in [1.54, 1.807) is 37.3 Å². The summed E-state index contributed by atoms with van der Waals surface area (Å²) in [6, 6.07) is 11.2. The van der Waals surface area contributed by atoms with Crippen molar-refractivity contribution in [1.82, 2.24) is 0 Å². The number of carbonyl (C=O) groups excluding carboxylic acids is 1. The molecule has 0 fully saturated rings. The van der Waals surface area contributed by atoms with E-state index >= 15 is 0 Å². The SMILES string of the molecule is CCOC(=O)c1cccc(-c2ccc(S(N)(=O)=O)c(Cl)c2)c1. The quantitative estimate of drug-likeness (QED) is 0.868. The van der Waals surface area contributed by atoms with Gasteiger partial charge in [-0.1, -0.05) is 29.8 Å². The molecule has 0 aliphatic heterocycles. The van der Waals surface area contributed by atoms with Gasteiger partial charge in [0.15, 0.2) is 0 Å². The van der Waals surface area contributed by atoms with Crippen LogP contribution < -0.4 is 5.14 Å². The fraction of sp³-hybridized carbons (Fsp3) is 0.133. The van der Waals surface area contributed by atoms with Gasteiger partial charge < -0.3 is 4.74 Å². The summed E-state index contributed by atoms with van der Waals surface area (Å²) < 4.78 is 27.6. The molecule has 0 atom stereocenters. The van der Waals surface area contributed by atoms with Crippen molar-refractivity contribution in [2.24, 2.45) is 5.14 Å². The molecule has 0 aromatic heterocycles. The third kappa shape index (κ3) is 3.65. The van der Waals surface area contributed by atoms with Crippen molar-refractivity contribution in [2.45, 2.75) is 11.8 Å². The Morgan fingerprint density at radius 2 is 1.86 bits per heavy atom. The second-order valence-electron chi connectivity index (χ2n) is 4.49. The van der Waals surface area contributed by atoms with Gasteiger partial charge in [0.25, 0.3) is 0 Å². The van der Waals surface area contributed by atoms with E-state index in [2.05, 4.69) is 0 Å². The minimum Gasteiger partial charge on any atom is -0.462 e. The molecular formula is C15H14ClNO4S. The summed E-state index contributed by atoms with van der Waals surface area (Å²) in [6.07, 6.45) is 0. The zero-order valence-electron chi connectivity index (χ0n) is 11.7. The highest BCUT2D eigenvalue weighted by molar-refractivity contribution is 7.89. The van der Waals surface area contributed by atoms with Crippen molar-refractivity contribution >= 4 is 27.6 Å². The molecule has 2 aromatic carbocycles. The Kier molecular flexibility index (Phi) is 4.85. The lowest BCUT2D eigenvalue weighted by Gasteiger charge is -2.08. The van der Waals surface area contributed by atoms with Crippen molar-refractivity contribution in [3.05, 3.63) is 53.1 Å². The van der Waals surface area contributed by atoms with Crippen molar-refractivity contribution in [3.8, 4) is 11.1 Å². The molecular weight excluding hydrogens is 326 g/mol. The van der Waals surface area contributed by atoms with Crippen molar-refractivity contribution < 1.29 is 17.9 Å². The summed E-state index contributed by atoms with van der Waals surface area (Å²) in [6.45, 7) is 2.02. The molecule has 0 spiro atoms. The zero-order chi connectivity index (χ0) is 16.3. The van der Waals surface area contributed by atoms with Gasteiger partial charge in [-0.05, 0) is 42.3 Å². The highest BCUT2D eigenvalue weighted by Gasteiger charge is 2.14. The van der Waals surface area contributed by atoms with Crippen LogP contribution >= 0.6 is 11.6 Å². The van der Waals surface area contributed by atoms with Crippen LogP contribution in [0.2, 0.25) is 5.02 Å². The normalized spacial score (nSPS) is 11.2. The van der Waals surface area contributed by atoms with Gasteiger partial charge in [-0.3, -0.25) is 0 Å². The Morgan fingerprint density at radius 1 is 1.18 bits per heavy atom. The third-order valence-corrected chi connectivity index (χ3v) is 4.34. The Bertz CT molecular complexity index is 818. The average Bonchev–Trinajstić information content (AvgIpc) is 2.46. The van der Waals surface area contributed by atoms with E-state index in [1.165, 1.54) is 12.1 Å². The van der Waals surface area contributed by atoms with Gasteiger partial charge in [0.1, 0.15) is 4.90 Å². The van der Waals surface area contributed by atoms with Crippen LogP contribution in [-0.2, 0) is 14.8 Å². The van der Waals surface area contributed by atoms with Crippen LogP contribution in [0.4, 0.5) is 0 Å². The first-order chi connectivity index (χ1) is 10.3. The van der Waals surface area contributed by atoms with Gasteiger partial charge >= 0.3 is 5.97 Å². The molecule has 0 radical (unpaired) electrons. The molecule has 0 heterocycles. The molecule has 116 valence electrons. The monoisotopic (exact) mass is 339 g/mol. The number of esters is 1. The maximum absolute atomic E-state index is 11.7. The van der Waals surface area contributed by atoms with Gasteiger partial charge in [0.2, 0.25) is 10.0 Å². The van der Waals surface area contributed by atoms with Crippen molar-refractivity contribution in [2.75, 3.05) is 6.61 Å². The second kappa shape index (κ2) is 6.48. The molecule has 0 aliphatic rings. The number of benzene rings is 2. The molecule has 7 heteroatoms. The number of rotatable bonds is 4. The molecule has 2 N–H and O–H groups in total. The maximum atomic E-state index is 11.7. The van der Waals surface area contributed by atoms with Gasteiger partial charge in [-0.15, -0.1) is 0 Å². The molecule has 0 unspecified atom stereocenters. The Morgan fingerprint density at radius 3 is 2.45 bits per heavy atom. The van der Waals surface area contributed by atoms with E-state index in [9.17, 15) is 13.2 Å². The smallest absolute Gasteiger partial charge is 0.338 e. The lowest BCUT2D eigenvalue weighted by Crippen LogP contribution is -2.12. The summed E-state index contributed by atoms with van der Waals surface area (Å²) >= 11 is 5.97. The maximum Gasteiger partial charge on any atom is 0.338 e. The number of hydrogen-bond donors (Lipinski definition) is 1. The number of halogens is 1. The average molecular weight is 340 g/mol. The van der Waals surface area contributed by atoms with Crippen LogP contribution in [0.15, 0.2) is 47.4 Å². The Labute approximate surface area is 133 Å². The summed E-state index contributed by atoms with van der Waals surface area (Å²) in [5.74, 6) is -0.420. The standard InChI is InChI=1S/C15H14ClNO4S/c1-2-21-15(18)12-5-3-4-10(8-12)11-6-7-14(13(16)9-11)22(17,19)20/h3-9H,2H2,1H3,(H2,17,19,20). The fourth-order valence-corrected chi connectivity index (χ4v) is 3.04. The lowest BCUT2D eigenvalue weighted by atomic mass is 10.0. The van der Waals surface area contributed by atoms with Crippen LogP contribution in [0, 0.1) is 0 Å². The predicted octanol–water partition coefficient (Wildman–Crippen LogP) is 2.83.